The molecule has 4 amide bonds. The summed E-state index contributed by atoms with van der Waals surface area (Å²) in [7, 11) is 2.73. The van der Waals surface area contributed by atoms with E-state index in [0.29, 0.717) is 6.42 Å². The zero-order chi connectivity index (χ0) is 26.1. The van der Waals surface area contributed by atoms with Crippen LogP contribution in [0.1, 0.15) is 37.9 Å². The first-order valence-corrected chi connectivity index (χ1v) is 11.3. The third-order valence-electron chi connectivity index (χ3n) is 5.12. The Morgan fingerprint density at radius 1 is 1.31 bits per heavy atom. The van der Waals surface area contributed by atoms with E-state index in [4.69, 9.17) is 14.2 Å². The average molecular weight is 513 g/mol. The molecule has 1 saturated heterocycles. The molecule has 14 heteroatoms. The van der Waals surface area contributed by atoms with E-state index in [1.165, 1.54) is 33.2 Å². The number of methoxy groups -OCH3 is 1. The Labute approximate surface area is 207 Å². The number of carbonyl (C=O) groups is 4. The van der Waals surface area contributed by atoms with Crippen LogP contribution < -0.4 is 20.1 Å². The van der Waals surface area contributed by atoms with E-state index in [-0.39, 0.29) is 73.0 Å². The Hall–Kier alpha value is -3.55. The van der Waals surface area contributed by atoms with Gasteiger partial charge in [0, 0.05) is 33.0 Å². The second kappa shape index (κ2) is 12.8. The number of thiol groups is 1. The van der Waals surface area contributed by atoms with Crippen molar-refractivity contribution >= 4 is 42.1 Å². The topological polar surface area (TPSA) is 166 Å². The zero-order valence-corrected chi connectivity index (χ0v) is 20.5. The molecule has 0 aliphatic carbocycles. The van der Waals surface area contributed by atoms with Crippen LogP contribution in [0.2, 0.25) is 0 Å². The lowest BCUT2D eigenvalue weighted by molar-refractivity contribution is -0.386. The van der Waals surface area contributed by atoms with Gasteiger partial charge in [0.2, 0.25) is 17.7 Å². The highest BCUT2D eigenvalue weighted by Crippen LogP contribution is 2.38. The summed E-state index contributed by atoms with van der Waals surface area (Å²) in [5.74, 6) is -0.692. The van der Waals surface area contributed by atoms with Crippen molar-refractivity contribution in [3.8, 4) is 11.5 Å². The van der Waals surface area contributed by atoms with Gasteiger partial charge in [0.25, 0.3) is 5.69 Å². The summed E-state index contributed by atoms with van der Waals surface area (Å²) in [6.45, 7) is 1.75. The lowest BCUT2D eigenvalue weighted by Crippen LogP contribution is -2.38. The molecule has 192 valence electrons. The number of nitro benzene ring substituents is 1. The van der Waals surface area contributed by atoms with Gasteiger partial charge in [-0.3, -0.25) is 29.4 Å². The standard InChI is InChI=1S/C21H28N4O9S/c1-12(34-21(29)22-2)13-9-15(32-3)16(10-14(13)25(30)31)33-8-4-5-18(26)23-6-7-24-19(27)11-17(35)20(24)28/h9-10,12,17,35H,4-8,11H2,1-3H3,(H,22,29)(H,23,26). The molecule has 0 spiro atoms. The van der Waals surface area contributed by atoms with Gasteiger partial charge in [-0.2, -0.15) is 12.6 Å². The molecular weight excluding hydrogens is 484 g/mol. The smallest absolute Gasteiger partial charge is 0.407 e. The number of hydrogen-bond donors (Lipinski definition) is 3. The van der Waals surface area contributed by atoms with Gasteiger partial charge >= 0.3 is 6.09 Å². The van der Waals surface area contributed by atoms with Crippen LogP contribution in [0.3, 0.4) is 0 Å². The van der Waals surface area contributed by atoms with E-state index in [1.807, 2.05) is 0 Å². The number of carbonyl (C=O) groups excluding carboxylic acids is 4. The maximum Gasteiger partial charge on any atom is 0.407 e. The van der Waals surface area contributed by atoms with Crippen molar-refractivity contribution in [3.05, 3.63) is 27.8 Å². The molecule has 1 heterocycles. The van der Waals surface area contributed by atoms with Crippen molar-refractivity contribution in [1.29, 1.82) is 0 Å². The van der Waals surface area contributed by atoms with Gasteiger partial charge in [0.1, 0.15) is 6.10 Å². The predicted octanol–water partition coefficient (Wildman–Crippen LogP) is 1.35. The van der Waals surface area contributed by atoms with Crippen molar-refractivity contribution < 1.29 is 38.3 Å². The summed E-state index contributed by atoms with van der Waals surface area (Å²) < 4.78 is 15.9. The number of nitro groups is 1. The normalized spacial score (nSPS) is 16.0. The lowest BCUT2D eigenvalue weighted by atomic mass is 10.1. The molecular formula is C21H28N4O9S. The third kappa shape index (κ3) is 7.47. The third-order valence-corrected chi connectivity index (χ3v) is 5.52. The van der Waals surface area contributed by atoms with Crippen molar-refractivity contribution in [2.24, 2.45) is 0 Å². The largest absolute Gasteiger partial charge is 0.493 e. The molecule has 2 rings (SSSR count). The second-order valence-electron chi connectivity index (χ2n) is 7.52. The summed E-state index contributed by atoms with van der Waals surface area (Å²) in [5, 5.41) is 15.8. The highest BCUT2D eigenvalue weighted by molar-refractivity contribution is 7.81. The summed E-state index contributed by atoms with van der Waals surface area (Å²) in [6.07, 6.45) is -1.23. The molecule has 1 aliphatic heterocycles. The molecule has 0 saturated carbocycles. The van der Waals surface area contributed by atoms with Crippen LogP contribution in [-0.4, -0.2) is 72.7 Å². The minimum absolute atomic E-state index is 0.0514. The zero-order valence-electron chi connectivity index (χ0n) is 19.6. The molecule has 13 nitrogen and oxygen atoms in total. The van der Waals surface area contributed by atoms with E-state index in [0.717, 1.165) is 4.90 Å². The van der Waals surface area contributed by atoms with Gasteiger partial charge < -0.3 is 24.8 Å². The van der Waals surface area contributed by atoms with E-state index in [9.17, 15) is 29.3 Å². The highest BCUT2D eigenvalue weighted by atomic mass is 32.1. The number of ether oxygens (including phenoxy) is 3. The molecule has 2 unspecified atom stereocenters. The van der Waals surface area contributed by atoms with Gasteiger partial charge in [-0.15, -0.1) is 0 Å². The van der Waals surface area contributed by atoms with Crippen LogP contribution in [0.15, 0.2) is 12.1 Å². The molecule has 1 aliphatic rings. The van der Waals surface area contributed by atoms with E-state index < -0.39 is 22.4 Å². The van der Waals surface area contributed by atoms with E-state index >= 15 is 0 Å². The number of alkyl carbamates (subject to hydrolysis) is 1. The van der Waals surface area contributed by atoms with Crippen LogP contribution in [0.4, 0.5) is 10.5 Å². The quantitative estimate of drug-likeness (QED) is 0.123. The average Bonchev–Trinajstić information content (AvgIpc) is 3.06. The molecule has 35 heavy (non-hydrogen) atoms. The highest BCUT2D eigenvalue weighted by Gasteiger charge is 2.35. The van der Waals surface area contributed by atoms with Crippen LogP contribution in [-0.2, 0) is 19.1 Å². The molecule has 2 atom stereocenters. The van der Waals surface area contributed by atoms with Gasteiger partial charge in [-0.25, -0.2) is 4.79 Å². The second-order valence-corrected chi connectivity index (χ2v) is 8.15. The minimum Gasteiger partial charge on any atom is -0.493 e. The molecule has 2 N–H and O–H groups in total. The number of amides is 4. The van der Waals surface area contributed by atoms with Gasteiger partial charge in [0.15, 0.2) is 11.5 Å². The Kier molecular flexibility index (Phi) is 10.1. The molecule has 1 aromatic carbocycles. The van der Waals surface area contributed by atoms with Crippen molar-refractivity contribution in [3.63, 3.8) is 0 Å². The lowest BCUT2D eigenvalue weighted by Gasteiger charge is -2.17. The molecule has 1 aromatic rings. The number of benzene rings is 1. The fourth-order valence-electron chi connectivity index (χ4n) is 3.31. The fourth-order valence-corrected chi connectivity index (χ4v) is 3.61. The number of nitrogens with one attached hydrogen (secondary N) is 2. The van der Waals surface area contributed by atoms with E-state index in [2.05, 4.69) is 23.3 Å². The summed E-state index contributed by atoms with van der Waals surface area (Å²) >= 11 is 4.04. The molecule has 1 fully saturated rings. The van der Waals surface area contributed by atoms with Crippen LogP contribution in [0.5, 0.6) is 11.5 Å². The number of likely N-dealkylation sites (tertiary alicyclic amines) is 1. The van der Waals surface area contributed by atoms with Gasteiger partial charge in [-0.05, 0) is 19.4 Å². The van der Waals surface area contributed by atoms with Crippen LogP contribution in [0, 0.1) is 10.1 Å². The molecule has 0 bridgehead atoms. The Balaban J connectivity index is 1.89. The Morgan fingerprint density at radius 2 is 2.03 bits per heavy atom. The maximum absolute atomic E-state index is 12.0. The van der Waals surface area contributed by atoms with Gasteiger partial charge in [0.05, 0.1) is 35.5 Å². The number of hydrogen-bond acceptors (Lipinski definition) is 10. The molecule has 0 aromatic heterocycles. The predicted molar refractivity (Wildman–Crippen MR) is 125 cm³/mol. The SMILES string of the molecule is CNC(=O)OC(C)c1cc(OC)c(OCCCC(=O)NCCN2C(=O)CC(S)C2=O)cc1[N+](=O)[O-]. The van der Waals surface area contributed by atoms with Crippen LogP contribution in [0.25, 0.3) is 0 Å². The van der Waals surface area contributed by atoms with E-state index in [1.54, 1.807) is 0 Å². The maximum atomic E-state index is 12.0. The minimum atomic E-state index is -0.924. The van der Waals surface area contributed by atoms with Crippen molar-refractivity contribution in [1.82, 2.24) is 15.5 Å². The first-order valence-electron chi connectivity index (χ1n) is 10.8. The van der Waals surface area contributed by atoms with Crippen molar-refractivity contribution in [2.75, 3.05) is 33.9 Å². The summed E-state index contributed by atoms with van der Waals surface area (Å²) in [4.78, 5) is 59.0. The first kappa shape index (κ1) is 27.7. The monoisotopic (exact) mass is 512 g/mol. The number of rotatable bonds is 12. The summed E-state index contributed by atoms with van der Waals surface area (Å²) in [5.41, 5.74) is -0.189. The Morgan fingerprint density at radius 3 is 2.60 bits per heavy atom. The van der Waals surface area contributed by atoms with Crippen molar-refractivity contribution in [2.45, 2.75) is 37.5 Å². The first-order chi connectivity index (χ1) is 16.6. The van der Waals surface area contributed by atoms with Crippen LogP contribution >= 0.6 is 12.6 Å². The van der Waals surface area contributed by atoms with Gasteiger partial charge in [-0.1, -0.05) is 0 Å². The summed E-state index contributed by atoms with van der Waals surface area (Å²) in [6, 6.07) is 2.54. The number of imide groups is 1. The Bertz CT molecular complexity index is 988. The fraction of sp³-hybridized carbons (Fsp3) is 0.524. The number of nitrogens with zero attached hydrogens (tertiary/aromatic N) is 2. The molecule has 0 radical (unpaired) electrons.